The first-order chi connectivity index (χ1) is 13.7. The van der Waals surface area contributed by atoms with E-state index < -0.39 is 23.5 Å². The van der Waals surface area contributed by atoms with E-state index in [9.17, 15) is 22.4 Å². The van der Waals surface area contributed by atoms with Gasteiger partial charge in [0.05, 0.1) is 17.0 Å². The zero-order valence-corrected chi connectivity index (χ0v) is 16.0. The number of fused-ring (bicyclic) bond motifs is 1. The monoisotopic (exact) mass is 425 g/mol. The largest absolute Gasteiger partial charge is 0.419 e. The van der Waals surface area contributed by atoms with E-state index >= 15 is 0 Å². The van der Waals surface area contributed by atoms with Gasteiger partial charge in [0.25, 0.3) is 5.91 Å². The molecule has 0 bridgehead atoms. The number of hydrogen-bond donors (Lipinski definition) is 1. The van der Waals surface area contributed by atoms with Crippen LogP contribution in [0.15, 0.2) is 18.2 Å². The van der Waals surface area contributed by atoms with Gasteiger partial charge < -0.3 is 5.32 Å². The quantitative estimate of drug-likeness (QED) is 0.635. The van der Waals surface area contributed by atoms with Gasteiger partial charge in [0.15, 0.2) is 5.69 Å². The molecule has 0 saturated heterocycles. The topological polar surface area (TPSA) is 72.7 Å². The third kappa shape index (κ3) is 3.74. The van der Waals surface area contributed by atoms with Crippen molar-refractivity contribution in [1.82, 2.24) is 20.0 Å². The molecule has 0 radical (unpaired) electrons. The van der Waals surface area contributed by atoms with Crippen molar-refractivity contribution in [3.8, 4) is 5.13 Å². The molecule has 1 amide bonds. The summed E-state index contributed by atoms with van der Waals surface area (Å²) in [5.74, 6) is -2.15. The minimum absolute atomic E-state index is 0.0453. The Balaban J connectivity index is 1.59. The van der Waals surface area contributed by atoms with Gasteiger partial charge in [-0.05, 0) is 50.8 Å². The molecule has 11 heteroatoms. The molecule has 152 valence electrons. The van der Waals surface area contributed by atoms with Crippen LogP contribution in [-0.2, 0) is 19.0 Å². The third-order valence-electron chi connectivity index (χ3n) is 4.65. The maximum absolute atomic E-state index is 13.4. The van der Waals surface area contributed by atoms with Crippen LogP contribution in [0.25, 0.3) is 5.13 Å². The van der Waals surface area contributed by atoms with Crippen LogP contribution >= 0.6 is 11.3 Å². The van der Waals surface area contributed by atoms with Crippen LogP contribution in [0.5, 0.6) is 0 Å². The van der Waals surface area contributed by atoms with E-state index in [1.807, 2.05) is 0 Å². The van der Waals surface area contributed by atoms with E-state index in [-0.39, 0.29) is 11.4 Å². The fourth-order valence-corrected chi connectivity index (χ4v) is 4.31. The SMILES string of the molecule is Cc1c(C(=O)Nc2ccc(F)c(C(F)(F)F)c2)nnn1-c1nc2c(s1)CCCC2. The van der Waals surface area contributed by atoms with Crippen LogP contribution in [0.4, 0.5) is 23.2 Å². The van der Waals surface area contributed by atoms with Gasteiger partial charge in [-0.3, -0.25) is 4.79 Å². The van der Waals surface area contributed by atoms with E-state index in [2.05, 4.69) is 20.6 Å². The summed E-state index contributed by atoms with van der Waals surface area (Å²) >= 11 is 1.49. The highest BCUT2D eigenvalue weighted by Crippen LogP contribution is 2.33. The van der Waals surface area contributed by atoms with E-state index in [1.54, 1.807) is 6.92 Å². The third-order valence-corrected chi connectivity index (χ3v) is 5.79. The van der Waals surface area contributed by atoms with Crippen LogP contribution in [0.2, 0.25) is 0 Å². The van der Waals surface area contributed by atoms with Crippen molar-refractivity contribution < 1.29 is 22.4 Å². The molecule has 2 aromatic heterocycles. The molecule has 0 fully saturated rings. The van der Waals surface area contributed by atoms with Crippen molar-refractivity contribution in [2.75, 3.05) is 5.32 Å². The highest BCUT2D eigenvalue weighted by Gasteiger charge is 2.34. The second kappa shape index (κ2) is 7.21. The molecule has 0 saturated carbocycles. The number of carbonyl (C=O) groups excluding carboxylic acids is 1. The molecule has 1 aliphatic carbocycles. The van der Waals surface area contributed by atoms with Crippen LogP contribution < -0.4 is 5.32 Å². The van der Waals surface area contributed by atoms with Gasteiger partial charge in [0.1, 0.15) is 5.82 Å². The summed E-state index contributed by atoms with van der Waals surface area (Å²) in [4.78, 5) is 18.3. The fraction of sp³-hybridized carbons (Fsp3) is 0.333. The predicted octanol–water partition coefficient (Wildman–Crippen LogP) is 4.32. The number of amides is 1. The Kier molecular flexibility index (Phi) is 4.85. The minimum Gasteiger partial charge on any atom is -0.321 e. The predicted molar refractivity (Wildman–Crippen MR) is 97.8 cm³/mol. The molecule has 3 aromatic rings. The second-order valence-electron chi connectivity index (χ2n) is 6.66. The Morgan fingerprint density at radius 3 is 2.72 bits per heavy atom. The number of carbonyl (C=O) groups is 1. The molecule has 0 aliphatic heterocycles. The molecule has 0 unspecified atom stereocenters. The lowest BCUT2D eigenvalue weighted by atomic mass is 10.0. The number of rotatable bonds is 3. The van der Waals surface area contributed by atoms with Gasteiger partial charge in [-0.15, -0.1) is 5.10 Å². The van der Waals surface area contributed by atoms with Gasteiger partial charge in [-0.2, -0.15) is 17.9 Å². The van der Waals surface area contributed by atoms with Crippen LogP contribution in [0, 0.1) is 12.7 Å². The van der Waals surface area contributed by atoms with Crippen LogP contribution in [-0.4, -0.2) is 25.9 Å². The number of aromatic nitrogens is 4. The number of halogens is 4. The molecule has 0 spiro atoms. The zero-order valence-electron chi connectivity index (χ0n) is 15.2. The average molecular weight is 425 g/mol. The van der Waals surface area contributed by atoms with E-state index in [1.165, 1.54) is 20.9 Å². The summed E-state index contributed by atoms with van der Waals surface area (Å²) in [6, 6.07) is 2.25. The number of thiazole rings is 1. The van der Waals surface area contributed by atoms with Gasteiger partial charge in [-0.1, -0.05) is 16.6 Å². The number of anilines is 1. The number of hydrogen-bond acceptors (Lipinski definition) is 5. The maximum Gasteiger partial charge on any atom is 0.419 e. The zero-order chi connectivity index (χ0) is 20.8. The molecule has 4 rings (SSSR count). The first-order valence-corrected chi connectivity index (χ1v) is 9.65. The smallest absolute Gasteiger partial charge is 0.321 e. The van der Waals surface area contributed by atoms with Gasteiger partial charge in [-0.25, -0.2) is 9.37 Å². The summed E-state index contributed by atoms with van der Waals surface area (Å²) < 4.78 is 53.4. The van der Waals surface area contributed by atoms with Crippen molar-refractivity contribution in [2.45, 2.75) is 38.8 Å². The van der Waals surface area contributed by atoms with E-state index in [0.717, 1.165) is 37.4 Å². The van der Waals surface area contributed by atoms with Crippen molar-refractivity contribution in [3.63, 3.8) is 0 Å². The molecule has 1 aliphatic rings. The Labute approximate surface area is 166 Å². The van der Waals surface area contributed by atoms with Crippen LogP contribution in [0.1, 0.15) is 45.2 Å². The average Bonchev–Trinajstić information content (AvgIpc) is 3.25. The molecule has 2 heterocycles. The van der Waals surface area contributed by atoms with Gasteiger partial charge >= 0.3 is 6.18 Å². The van der Waals surface area contributed by atoms with Crippen LogP contribution in [0.3, 0.4) is 0 Å². The van der Waals surface area contributed by atoms with E-state index in [0.29, 0.717) is 23.0 Å². The lowest BCUT2D eigenvalue weighted by Crippen LogP contribution is -2.16. The molecule has 1 N–H and O–H groups in total. The number of nitrogens with zero attached hydrogens (tertiary/aromatic N) is 4. The lowest BCUT2D eigenvalue weighted by Gasteiger charge is -2.10. The fourth-order valence-electron chi connectivity index (χ4n) is 3.16. The molecule has 29 heavy (non-hydrogen) atoms. The highest BCUT2D eigenvalue weighted by atomic mass is 32.1. The highest BCUT2D eigenvalue weighted by molar-refractivity contribution is 7.14. The van der Waals surface area contributed by atoms with Crippen molar-refractivity contribution in [3.05, 3.63) is 51.5 Å². The Morgan fingerprint density at radius 1 is 1.24 bits per heavy atom. The first-order valence-electron chi connectivity index (χ1n) is 8.83. The van der Waals surface area contributed by atoms with Crippen molar-refractivity contribution in [2.24, 2.45) is 0 Å². The number of alkyl halides is 3. The molecule has 0 atom stereocenters. The Bertz CT molecular complexity index is 1070. The molecular weight excluding hydrogens is 410 g/mol. The Morgan fingerprint density at radius 2 is 2.00 bits per heavy atom. The van der Waals surface area contributed by atoms with Gasteiger partial charge in [0, 0.05) is 10.6 Å². The normalized spacial score (nSPS) is 14.0. The number of nitrogens with one attached hydrogen (secondary N) is 1. The van der Waals surface area contributed by atoms with Crippen molar-refractivity contribution >= 4 is 22.9 Å². The maximum atomic E-state index is 13.4. The summed E-state index contributed by atoms with van der Waals surface area (Å²) in [5, 5.41) is 10.7. The second-order valence-corrected chi connectivity index (χ2v) is 7.72. The number of benzene rings is 1. The summed E-state index contributed by atoms with van der Waals surface area (Å²) in [7, 11) is 0. The first kappa shape index (κ1) is 19.5. The van der Waals surface area contributed by atoms with Crippen molar-refractivity contribution in [1.29, 1.82) is 0 Å². The van der Waals surface area contributed by atoms with E-state index in [4.69, 9.17) is 0 Å². The molecule has 6 nitrogen and oxygen atoms in total. The molecular formula is C18H15F4N5OS. The number of aryl methyl sites for hydroxylation is 2. The summed E-state index contributed by atoms with van der Waals surface area (Å²) in [6.45, 7) is 1.63. The standard InChI is InChI=1S/C18H15F4N5OS/c1-9-15(16(28)23-10-6-7-12(19)11(8-10)18(20,21)22)25-26-27(9)17-24-13-4-2-3-5-14(13)29-17/h6-8H,2-5H2,1H3,(H,23,28). The van der Waals surface area contributed by atoms with Gasteiger partial charge in [0.2, 0.25) is 5.13 Å². The summed E-state index contributed by atoms with van der Waals surface area (Å²) in [5.41, 5.74) is -0.252. The Hall–Kier alpha value is -2.82. The molecule has 1 aromatic carbocycles. The summed E-state index contributed by atoms with van der Waals surface area (Å²) in [6.07, 6.45) is -0.818. The lowest BCUT2D eigenvalue weighted by molar-refractivity contribution is -0.139. The minimum atomic E-state index is -4.87.